The highest BCUT2D eigenvalue weighted by Gasteiger charge is 2.41. The molecule has 1 aliphatic carbocycles. The monoisotopic (exact) mass is 378 g/mol. The van der Waals surface area contributed by atoms with Crippen molar-refractivity contribution >= 4 is 28.4 Å². The van der Waals surface area contributed by atoms with E-state index in [9.17, 15) is 4.79 Å². The minimum absolute atomic E-state index is 0.268. The lowest BCUT2D eigenvalue weighted by Gasteiger charge is -2.32. The molecule has 6 nitrogen and oxygen atoms in total. The fourth-order valence-corrected chi connectivity index (χ4v) is 4.05. The van der Waals surface area contributed by atoms with Crippen molar-refractivity contribution < 1.29 is 9.53 Å². The van der Waals surface area contributed by atoms with Gasteiger partial charge in [-0.3, -0.25) is 4.79 Å². The number of fused-ring (bicyclic) bond motifs is 1. The number of anilines is 2. The van der Waals surface area contributed by atoms with Gasteiger partial charge in [-0.1, -0.05) is 24.3 Å². The molecule has 2 aliphatic rings. The maximum atomic E-state index is 13.0. The predicted molar refractivity (Wildman–Crippen MR) is 111 cm³/mol. The van der Waals surface area contributed by atoms with E-state index in [0.29, 0.717) is 24.5 Å². The molecule has 1 aliphatic heterocycles. The van der Waals surface area contributed by atoms with Gasteiger partial charge in [0.15, 0.2) is 0 Å². The summed E-state index contributed by atoms with van der Waals surface area (Å²) in [5.41, 5.74) is 5.75. The Hall–Kier alpha value is -2.89. The second-order valence-corrected chi connectivity index (χ2v) is 7.39. The smallest absolute Gasteiger partial charge is 0.322 e. The van der Waals surface area contributed by atoms with Crippen molar-refractivity contribution in [2.75, 3.05) is 30.3 Å². The molecule has 0 saturated carbocycles. The molecule has 0 bridgehead atoms. The van der Waals surface area contributed by atoms with E-state index < -0.39 is 5.41 Å². The number of pyridine rings is 2. The number of rotatable bonds is 4. The highest BCUT2D eigenvalue weighted by Crippen LogP contribution is 2.38. The average molecular weight is 378 g/mol. The molecule has 0 radical (unpaired) electrons. The zero-order chi connectivity index (χ0) is 19.6. The van der Waals surface area contributed by atoms with Crippen molar-refractivity contribution in [3.05, 3.63) is 48.3 Å². The van der Waals surface area contributed by atoms with E-state index in [0.717, 1.165) is 42.5 Å². The van der Waals surface area contributed by atoms with E-state index in [4.69, 9.17) is 15.5 Å². The third-order valence-corrected chi connectivity index (χ3v) is 5.54. The molecule has 1 atom stereocenters. The molecule has 0 spiro atoms. The third kappa shape index (κ3) is 3.23. The molecule has 0 aromatic carbocycles. The molecule has 28 heavy (non-hydrogen) atoms. The van der Waals surface area contributed by atoms with Crippen molar-refractivity contribution in [1.29, 1.82) is 0 Å². The Kier molecular flexibility index (Phi) is 5.03. The van der Waals surface area contributed by atoms with Crippen molar-refractivity contribution in [2.45, 2.75) is 38.0 Å². The van der Waals surface area contributed by atoms with E-state index in [1.54, 1.807) is 6.20 Å². The summed E-state index contributed by atoms with van der Waals surface area (Å²) in [5, 5.41) is 1.92. The third-order valence-electron chi connectivity index (χ3n) is 5.54. The number of hydrogen-bond acceptors (Lipinski definition) is 6. The number of piperidine rings is 1. The molecule has 2 aromatic rings. The summed E-state index contributed by atoms with van der Waals surface area (Å²) in [6.07, 6.45) is 13.6. The summed E-state index contributed by atoms with van der Waals surface area (Å²) >= 11 is 0. The van der Waals surface area contributed by atoms with Gasteiger partial charge < -0.3 is 15.4 Å². The normalized spacial score (nSPS) is 21.8. The molecule has 2 aromatic heterocycles. The first-order valence-corrected chi connectivity index (χ1v) is 9.97. The Labute approximate surface area is 165 Å². The van der Waals surface area contributed by atoms with E-state index in [1.165, 1.54) is 6.42 Å². The Morgan fingerprint density at radius 1 is 1.25 bits per heavy atom. The summed E-state index contributed by atoms with van der Waals surface area (Å²) in [4.78, 5) is 24.6. The molecule has 0 amide bonds. The van der Waals surface area contributed by atoms with Crippen LogP contribution in [0, 0.1) is 0 Å². The minimum atomic E-state index is -0.912. The number of ether oxygens (including phenoxy) is 1. The number of nitrogens with two attached hydrogens (primary N) is 1. The maximum Gasteiger partial charge on any atom is 0.322 e. The summed E-state index contributed by atoms with van der Waals surface area (Å²) < 4.78 is 5.44. The van der Waals surface area contributed by atoms with Crippen molar-refractivity contribution in [3.8, 4) is 0 Å². The average Bonchev–Trinajstić information content (AvgIpc) is 2.74. The Bertz CT molecular complexity index is 947. The van der Waals surface area contributed by atoms with E-state index in [2.05, 4.69) is 9.88 Å². The number of hydrogen-bond donors (Lipinski definition) is 1. The van der Waals surface area contributed by atoms with Gasteiger partial charge in [0.1, 0.15) is 17.1 Å². The lowest BCUT2D eigenvalue weighted by Crippen LogP contribution is -2.38. The van der Waals surface area contributed by atoms with E-state index in [-0.39, 0.29) is 5.97 Å². The van der Waals surface area contributed by atoms with Crippen molar-refractivity contribution in [3.63, 3.8) is 0 Å². The van der Waals surface area contributed by atoms with Gasteiger partial charge in [-0.25, -0.2) is 9.97 Å². The number of aromatic nitrogens is 2. The molecule has 146 valence electrons. The first kappa shape index (κ1) is 18.5. The van der Waals surface area contributed by atoms with Crippen LogP contribution in [0.4, 0.5) is 11.6 Å². The first-order valence-electron chi connectivity index (χ1n) is 9.97. The zero-order valence-corrected chi connectivity index (χ0v) is 16.2. The standard InChI is InChI=1S/C22H26N4O2/c1-2-28-21(27)22(9-5-3-6-10-22)18-13-16-15-24-19(23)14-17(16)20(25-18)26-11-7-4-8-12-26/h3,5-6,9,13-15H,2,4,7-8,10-12H2,1H3,(H2,23,24)/t22-/m0/s1. The van der Waals surface area contributed by atoms with E-state index >= 15 is 0 Å². The molecule has 4 rings (SSSR count). The fraction of sp³-hybridized carbons (Fsp3) is 0.409. The SMILES string of the molecule is CCOC(=O)[C@@]1(c2cc3cnc(N)cc3c(N3CCCCC3)n2)C=CC=CC1. The van der Waals surface area contributed by atoms with Crippen LogP contribution in [0.1, 0.15) is 38.3 Å². The topological polar surface area (TPSA) is 81.3 Å². The molecule has 1 fully saturated rings. The quantitative estimate of drug-likeness (QED) is 0.820. The largest absolute Gasteiger partial charge is 0.465 e. The van der Waals surface area contributed by atoms with Crippen LogP contribution in [0.25, 0.3) is 10.8 Å². The Morgan fingerprint density at radius 2 is 2.07 bits per heavy atom. The van der Waals surface area contributed by atoms with Crippen LogP contribution in [-0.2, 0) is 14.9 Å². The van der Waals surface area contributed by atoms with Gasteiger partial charge in [0, 0.05) is 30.1 Å². The predicted octanol–water partition coefficient (Wildman–Crippen LogP) is 3.52. The first-order chi connectivity index (χ1) is 13.6. The van der Waals surface area contributed by atoms with Crippen LogP contribution in [0.2, 0.25) is 0 Å². The van der Waals surface area contributed by atoms with Crippen LogP contribution in [0.15, 0.2) is 42.6 Å². The van der Waals surface area contributed by atoms with Crippen LogP contribution in [0.5, 0.6) is 0 Å². The fourth-order valence-electron chi connectivity index (χ4n) is 4.05. The lowest BCUT2D eigenvalue weighted by atomic mass is 9.78. The molecule has 6 heteroatoms. The van der Waals surface area contributed by atoms with Gasteiger partial charge in [0.05, 0.1) is 12.3 Å². The van der Waals surface area contributed by atoms with Crippen molar-refractivity contribution in [2.24, 2.45) is 0 Å². The summed E-state index contributed by atoms with van der Waals surface area (Å²) in [6, 6.07) is 3.83. The van der Waals surface area contributed by atoms with Gasteiger partial charge in [0.25, 0.3) is 0 Å². The van der Waals surface area contributed by atoms with Gasteiger partial charge in [0.2, 0.25) is 0 Å². The lowest BCUT2D eigenvalue weighted by molar-refractivity contribution is -0.148. The highest BCUT2D eigenvalue weighted by atomic mass is 16.5. The number of carbonyl (C=O) groups is 1. The maximum absolute atomic E-state index is 13.0. The zero-order valence-electron chi connectivity index (χ0n) is 16.2. The number of esters is 1. The second-order valence-electron chi connectivity index (χ2n) is 7.39. The molecule has 3 heterocycles. The van der Waals surface area contributed by atoms with Gasteiger partial charge in [-0.2, -0.15) is 0 Å². The van der Waals surface area contributed by atoms with Crippen LogP contribution in [-0.4, -0.2) is 35.6 Å². The summed E-state index contributed by atoms with van der Waals surface area (Å²) in [7, 11) is 0. The molecular weight excluding hydrogens is 352 g/mol. The van der Waals surface area contributed by atoms with Crippen LogP contribution in [0.3, 0.4) is 0 Å². The Balaban J connectivity index is 1.91. The highest BCUT2D eigenvalue weighted by molar-refractivity contribution is 5.95. The number of nitrogen functional groups attached to an aromatic ring is 1. The minimum Gasteiger partial charge on any atom is -0.465 e. The number of nitrogens with zero attached hydrogens (tertiary/aromatic N) is 3. The van der Waals surface area contributed by atoms with E-state index in [1.807, 2.05) is 43.4 Å². The van der Waals surface area contributed by atoms with Crippen molar-refractivity contribution in [1.82, 2.24) is 9.97 Å². The molecule has 2 N–H and O–H groups in total. The summed E-state index contributed by atoms with van der Waals surface area (Å²) in [5.74, 6) is 1.09. The van der Waals surface area contributed by atoms with Gasteiger partial charge >= 0.3 is 5.97 Å². The van der Waals surface area contributed by atoms with Crippen LogP contribution >= 0.6 is 0 Å². The molecule has 1 saturated heterocycles. The van der Waals surface area contributed by atoms with Gasteiger partial charge in [-0.15, -0.1) is 0 Å². The van der Waals surface area contributed by atoms with Gasteiger partial charge in [-0.05, 0) is 44.7 Å². The van der Waals surface area contributed by atoms with Crippen LogP contribution < -0.4 is 10.6 Å². The second kappa shape index (κ2) is 7.62. The Morgan fingerprint density at radius 3 is 2.79 bits per heavy atom. The number of allylic oxidation sites excluding steroid dienone is 3. The molecule has 0 unspecified atom stereocenters. The summed E-state index contributed by atoms with van der Waals surface area (Å²) in [6.45, 7) is 4.07. The number of carbonyl (C=O) groups excluding carboxylic acids is 1. The molecular formula is C22H26N4O2.